The molecular weight excluding hydrogens is 300 g/mol. The van der Waals surface area contributed by atoms with Crippen molar-refractivity contribution in [2.45, 2.75) is 17.2 Å². The Kier molecular flexibility index (Phi) is 4.17. The molecule has 1 atom stereocenters. The van der Waals surface area contributed by atoms with Gasteiger partial charge >= 0.3 is 5.97 Å². The molecule has 2 heterocycles. The molecule has 0 amide bonds. The largest absolute Gasteiger partial charge is 0.478 e. The van der Waals surface area contributed by atoms with E-state index in [-0.39, 0.29) is 9.77 Å². The summed E-state index contributed by atoms with van der Waals surface area (Å²) >= 11 is 0.875. The fraction of sp³-hybridized carbons (Fsp3) is 0.167. The molecule has 0 radical (unpaired) electrons. The summed E-state index contributed by atoms with van der Waals surface area (Å²) in [5, 5.41) is 10.1. The van der Waals surface area contributed by atoms with Crippen molar-refractivity contribution >= 4 is 27.3 Å². The second-order valence-electron chi connectivity index (χ2n) is 4.09. The highest BCUT2D eigenvalue weighted by Crippen LogP contribution is 2.22. The summed E-state index contributed by atoms with van der Waals surface area (Å²) in [7, 11) is -3.74. The number of thiophene rings is 1. The first-order valence-electron chi connectivity index (χ1n) is 5.64. The molecule has 0 spiro atoms. The first kappa shape index (κ1) is 14.6. The normalized spacial score (nSPS) is 13.1. The van der Waals surface area contributed by atoms with E-state index in [1.807, 2.05) is 0 Å². The molecule has 0 saturated carbocycles. The van der Waals surface area contributed by atoms with E-state index in [9.17, 15) is 13.2 Å². The molecule has 2 aromatic rings. The predicted molar refractivity (Wildman–Crippen MR) is 74.3 cm³/mol. The second kappa shape index (κ2) is 5.70. The highest BCUT2D eigenvalue weighted by molar-refractivity contribution is 7.91. The van der Waals surface area contributed by atoms with Gasteiger partial charge in [0.1, 0.15) is 4.21 Å². The third kappa shape index (κ3) is 3.21. The van der Waals surface area contributed by atoms with Crippen LogP contribution in [0.5, 0.6) is 0 Å². The van der Waals surface area contributed by atoms with Gasteiger partial charge in [-0.1, -0.05) is 6.07 Å². The zero-order valence-electron chi connectivity index (χ0n) is 10.5. The summed E-state index contributed by atoms with van der Waals surface area (Å²) in [6, 6.07) is 4.17. The molecule has 2 rings (SSSR count). The van der Waals surface area contributed by atoms with Gasteiger partial charge in [0.15, 0.2) is 0 Å². The lowest BCUT2D eigenvalue weighted by molar-refractivity contribution is 0.0697. The maximum atomic E-state index is 12.1. The second-order valence-corrected chi connectivity index (χ2v) is 6.94. The Bertz CT molecular complexity index is 710. The van der Waals surface area contributed by atoms with Gasteiger partial charge in [-0.25, -0.2) is 17.9 Å². The number of aromatic nitrogens is 1. The number of carboxylic acid groups (broad SMARTS) is 1. The molecule has 1 unspecified atom stereocenters. The van der Waals surface area contributed by atoms with Crippen molar-refractivity contribution in [3.05, 3.63) is 47.1 Å². The predicted octanol–water partition coefficient (Wildman–Crippen LogP) is 1.88. The van der Waals surface area contributed by atoms with E-state index in [2.05, 4.69) is 9.71 Å². The lowest BCUT2D eigenvalue weighted by Gasteiger charge is -2.13. The molecule has 0 aliphatic carbocycles. The van der Waals surface area contributed by atoms with Crippen LogP contribution in [-0.4, -0.2) is 24.5 Å². The Labute approximate surface area is 120 Å². The first-order valence-corrected chi connectivity index (χ1v) is 8.00. The van der Waals surface area contributed by atoms with Gasteiger partial charge in [0.2, 0.25) is 0 Å². The average Bonchev–Trinajstić information content (AvgIpc) is 2.90. The van der Waals surface area contributed by atoms with Crippen LogP contribution in [0, 0.1) is 0 Å². The average molecular weight is 312 g/mol. The summed E-state index contributed by atoms with van der Waals surface area (Å²) < 4.78 is 26.7. The number of carbonyl (C=O) groups is 1. The zero-order valence-corrected chi connectivity index (χ0v) is 12.1. The summed E-state index contributed by atoms with van der Waals surface area (Å²) in [6.45, 7) is 1.69. The van der Waals surface area contributed by atoms with Crippen LogP contribution in [0.2, 0.25) is 0 Å². The third-order valence-electron chi connectivity index (χ3n) is 2.60. The molecule has 0 bridgehead atoms. The number of sulfonamides is 1. The number of pyridine rings is 1. The smallest absolute Gasteiger partial charge is 0.336 e. The molecule has 106 valence electrons. The van der Waals surface area contributed by atoms with Crippen LogP contribution in [0.15, 0.2) is 40.2 Å². The Morgan fingerprint density at radius 1 is 1.50 bits per heavy atom. The number of nitrogens with one attached hydrogen (secondary N) is 1. The Morgan fingerprint density at radius 2 is 2.25 bits per heavy atom. The Morgan fingerprint density at radius 3 is 2.80 bits per heavy atom. The van der Waals surface area contributed by atoms with Crippen LogP contribution in [0.3, 0.4) is 0 Å². The van der Waals surface area contributed by atoms with Crippen LogP contribution in [0.25, 0.3) is 0 Å². The van der Waals surface area contributed by atoms with Gasteiger partial charge in [-0.05, 0) is 24.6 Å². The van der Waals surface area contributed by atoms with E-state index in [0.29, 0.717) is 0 Å². The fourth-order valence-corrected chi connectivity index (χ4v) is 3.96. The van der Waals surface area contributed by atoms with Gasteiger partial charge in [0.25, 0.3) is 10.0 Å². The number of aromatic carboxylic acids is 1. The molecule has 6 nitrogen and oxygen atoms in total. The Hall–Kier alpha value is -1.77. The fourth-order valence-electron chi connectivity index (χ4n) is 1.56. The summed E-state index contributed by atoms with van der Waals surface area (Å²) in [4.78, 5) is 14.7. The SMILES string of the molecule is CC(NS(=O)(=O)c1cc(C(=O)O)cs1)c1cccnc1. The number of rotatable bonds is 5. The van der Waals surface area contributed by atoms with Gasteiger partial charge in [0, 0.05) is 23.8 Å². The molecule has 0 saturated heterocycles. The first-order chi connectivity index (χ1) is 9.40. The summed E-state index contributed by atoms with van der Waals surface area (Å²) in [5.41, 5.74) is 0.690. The van der Waals surface area contributed by atoms with E-state index in [0.717, 1.165) is 23.0 Å². The molecule has 20 heavy (non-hydrogen) atoms. The molecule has 0 aliphatic rings. The molecule has 0 fully saturated rings. The van der Waals surface area contributed by atoms with Crippen LogP contribution in [0.1, 0.15) is 28.9 Å². The van der Waals surface area contributed by atoms with Crippen molar-refractivity contribution in [1.82, 2.24) is 9.71 Å². The number of hydrogen-bond acceptors (Lipinski definition) is 5. The van der Waals surface area contributed by atoms with Gasteiger partial charge in [-0.2, -0.15) is 0 Å². The van der Waals surface area contributed by atoms with Gasteiger partial charge in [-0.3, -0.25) is 4.98 Å². The molecular formula is C12H12N2O4S2. The van der Waals surface area contributed by atoms with Gasteiger partial charge in [-0.15, -0.1) is 11.3 Å². The minimum Gasteiger partial charge on any atom is -0.478 e. The highest BCUT2D eigenvalue weighted by Gasteiger charge is 2.21. The van der Waals surface area contributed by atoms with E-state index >= 15 is 0 Å². The van der Waals surface area contributed by atoms with Crippen molar-refractivity contribution < 1.29 is 18.3 Å². The minimum atomic E-state index is -3.74. The third-order valence-corrected chi connectivity index (χ3v) is 5.58. The van der Waals surface area contributed by atoms with Crippen molar-refractivity contribution in [1.29, 1.82) is 0 Å². The van der Waals surface area contributed by atoms with Gasteiger partial charge in [0.05, 0.1) is 5.56 Å². The number of nitrogens with zero attached hydrogens (tertiary/aromatic N) is 1. The quantitative estimate of drug-likeness (QED) is 0.878. The van der Waals surface area contributed by atoms with E-state index < -0.39 is 22.0 Å². The summed E-state index contributed by atoms with van der Waals surface area (Å²) in [6.07, 6.45) is 3.17. The highest BCUT2D eigenvalue weighted by atomic mass is 32.2. The molecule has 8 heteroatoms. The molecule has 2 N–H and O–H groups in total. The molecule has 2 aromatic heterocycles. The van der Waals surface area contributed by atoms with Crippen molar-refractivity contribution in [2.24, 2.45) is 0 Å². The van der Waals surface area contributed by atoms with Crippen LogP contribution >= 0.6 is 11.3 Å². The molecule has 0 aromatic carbocycles. The molecule has 0 aliphatic heterocycles. The maximum Gasteiger partial charge on any atom is 0.336 e. The van der Waals surface area contributed by atoms with E-state index in [1.165, 1.54) is 5.38 Å². The van der Waals surface area contributed by atoms with Crippen molar-refractivity contribution in [3.63, 3.8) is 0 Å². The standard InChI is InChI=1S/C12H12N2O4S2/c1-8(9-3-2-4-13-6-9)14-20(17,18)11-5-10(7-19-11)12(15)16/h2-8,14H,1H3,(H,15,16). The van der Waals surface area contributed by atoms with Crippen LogP contribution < -0.4 is 4.72 Å². The monoisotopic (exact) mass is 312 g/mol. The van der Waals surface area contributed by atoms with E-state index in [4.69, 9.17) is 5.11 Å². The Balaban J connectivity index is 2.20. The van der Waals surface area contributed by atoms with Crippen molar-refractivity contribution in [3.8, 4) is 0 Å². The number of carboxylic acids is 1. The van der Waals surface area contributed by atoms with Gasteiger partial charge < -0.3 is 5.11 Å². The van der Waals surface area contributed by atoms with E-state index in [1.54, 1.807) is 31.5 Å². The maximum absolute atomic E-state index is 12.1. The number of hydrogen-bond donors (Lipinski definition) is 2. The lowest BCUT2D eigenvalue weighted by atomic mass is 10.2. The van der Waals surface area contributed by atoms with Crippen LogP contribution in [-0.2, 0) is 10.0 Å². The van der Waals surface area contributed by atoms with Crippen molar-refractivity contribution in [2.75, 3.05) is 0 Å². The topological polar surface area (TPSA) is 96.4 Å². The zero-order chi connectivity index (χ0) is 14.8. The lowest BCUT2D eigenvalue weighted by Crippen LogP contribution is -2.26. The van der Waals surface area contributed by atoms with Crippen LogP contribution in [0.4, 0.5) is 0 Å². The minimum absolute atomic E-state index is 0.0226. The summed E-state index contributed by atoms with van der Waals surface area (Å²) in [5.74, 6) is -1.15.